The van der Waals surface area contributed by atoms with Crippen molar-refractivity contribution in [1.82, 2.24) is 14.7 Å². The minimum absolute atomic E-state index is 0.00895. The summed E-state index contributed by atoms with van der Waals surface area (Å²) < 4.78 is 15.0. The SMILES string of the molecule is C[C@@H](NC(=O)c1nc(-c2ccc(F)cc2)c2ccccn12)C(C)(C)C. The molecule has 0 radical (unpaired) electrons. The van der Waals surface area contributed by atoms with Crippen molar-refractivity contribution in [2.75, 3.05) is 0 Å². The molecule has 5 heteroatoms. The van der Waals surface area contributed by atoms with Crippen molar-refractivity contribution in [2.24, 2.45) is 5.41 Å². The summed E-state index contributed by atoms with van der Waals surface area (Å²) in [5.41, 5.74) is 2.19. The minimum Gasteiger partial charge on any atom is -0.346 e. The van der Waals surface area contributed by atoms with E-state index in [1.807, 2.05) is 31.3 Å². The molecular weight excluding hydrogens is 317 g/mol. The lowest BCUT2D eigenvalue weighted by Crippen LogP contribution is -2.42. The molecule has 0 aliphatic rings. The van der Waals surface area contributed by atoms with Crippen molar-refractivity contribution in [3.05, 3.63) is 60.3 Å². The van der Waals surface area contributed by atoms with Crippen molar-refractivity contribution >= 4 is 11.4 Å². The predicted molar refractivity (Wildman–Crippen MR) is 97.0 cm³/mol. The van der Waals surface area contributed by atoms with Gasteiger partial charge >= 0.3 is 0 Å². The van der Waals surface area contributed by atoms with Gasteiger partial charge in [-0.3, -0.25) is 9.20 Å². The Bertz CT molecular complexity index is 907. The maximum absolute atomic E-state index is 13.2. The van der Waals surface area contributed by atoms with Crippen LogP contribution in [0.5, 0.6) is 0 Å². The Labute approximate surface area is 146 Å². The van der Waals surface area contributed by atoms with Gasteiger partial charge in [-0.15, -0.1) is 0 Å². The molecule has 1 N–H and O–H groups in total. The molecule has 0 aliphatic carbocycles. The quantitative estimate of drug-likeness (QED) is 0.773. The number of halogens is 1. The van der Waals surface area contributed by atoms with E-state index in [0.717, 1.165) is 11.1 Å². The number of imidazole rings is 1. The summed E-state index contributed by atoms with van der Waals surface area (Å²) in [5.74, 6) is -0.202. The van der Waals surface area contributed by atoms with Crippen molar-refractivity contribution in [2.45, 2.75) is 33.7 Å². The molecule has 0 saturated carbocycles. The summed E-state index contributed by atoms with van der Waals surface area (Å²) in [5, 5.41) is 3.02. The largest absolute Gasteiger partial charge is 0.346 e. The van der Waals surface area contributed by atoms with Gasteiger partial charge in [0.1, 0.15) is 5.82 Å². The van der Waals surface area contributed by atoms with Crippen LogP contribution in [-0.2, 0) is 0 Å². The Morgan fingerprint density at radius 3 is 2.48 bits per heavy atom. The number of nitrogens with zero attached hydrogens (tertiary/aromatic N) is 2. The highest BCUT2D eigenvalue weighted by Gasteiger charge is 2.25. The van der Waals surface area contributed by atoms with E-state index >= 15 is 0 Å². The van der Waals surface area contributed by atoms with Crippen molar-refractivity contribution < 1.29 is 9.18 Å². The summed E-state index contributed by atoms with van der Waals surface area (Å²) in [4.78, 5) is 17.3. The first-order valence-corrected chi connectivity index (χ1v) is 8.31. The lowest BCUT2D eigenvalue weighted by atomic mass is 9.88. The van der Waals surface area contributed by atoms with Gasteiger partial charge in [-0.1, -0.05) is 26.8 Å². The van der Waals surface area contributed by atoms with Gasteiger partial charge in [0.05, 0.1) is 11.2 Å². The molecule has 130 valence electrons. The zero-order valence-electron chi connectivity index (χ0n) is 14.9. The first kappa shape index (κ1) is 17.1. The van der Waals surface area contributed by atoms with E-state index in [2.05, 4.69) is 31.1 Å². The maximum Gasteiger partial charge on any atom is 0.287 e. The third kappa shape index (κ3) is 3.40. The molecular formula is C20H22FN3O. The number of hydrogen-bond donors (Lipinski definition) is 1. The normalized spacial score (nSPS) is 13.0. The third-order valence-electron chi connectivity index (χ3n) is 4.52. The van der Waals surface area contributed by atoms with Crippen LogP contribution >= 0.6 is 0 Å². The summed E-state index contributed by atoms with van der Waals surface area (Å²) in [6, 6.07) is 11.8. The van der Waals surface area contributed by atoms with Crippen molar-refractivity contribution in [3.8, 4) is 11.3 Å². The minimum atomic E-state index is -0.302. The second-order valence-electron chi connectivity index (χ2n) is 7.31. The summed E-state index contributed by atoms with van der Waals surface area (Å²) in [6.07, 6.45) is 1.81. The van der Waals surface area contributed by atoms with E-state index in [0.29, 0.717) is 11.5 Å². The Kier molecular flexibility index (Phi) is 4.33. The standard InChI is InChI=1S/C20H22FN3O/c1-13(20(2,3)4)22-19(25)18-23-17(14-8-10-15(21)11-9-14)16-7-5-6-12-24(16)18/h5-13H,1-4H3,(H,22,25)/t13-/m1/s1. The molecule has 4 nitrogen and oxygen atoms in total. The van der Waals surface area contributed by atoms with E-state index in [4.69, 9.17) is 0 Å². The number of nitrogens with one attached hydrogen (secondary N) is 1. The zero-order valence-corrected chi connectivity index (χ0v) is 14.9. The highest BCUT2D eigenvalue weighted by Crippen LogP contribution is 2.26. The Balaban J connectivity index is 2.05. The predicted octanol–water partition coefficient (Wildman–Crippen LogP) is 4.30. The Hall–Kier alpha value is -2.69. The van der Waals surface area contributed by atoms with Gasteiger partial charge in [0.25, 0.3) is 5.91 Å². The van der Waals surface area contributed by atoms with Crippen LogP contribution in [0.1, 0.15) is 38.3 Å². The number of amides is 1. The number of rotatable bonds is 3. The molecule has 0 fully saturated rings. The number of carbonyl (C=O) groups is 1. The number of fused-ring (bicyclic) bond motifs is 1. The van der Waals surface area contributed by atoms with E-state index in [-0.39, 0.29) is 23.2 Å². The molecule has 1 amide bonds. The summed E-state index contributed by atoms with van der Waals surface area (Å²) >= 11 is 0. The molecule has 25 heavy (non-hydrogen) atoms. The molecule has 0 unspecified atom stereocenters. The van der Waals surface area contributed by atoms with E-state index in [1.54, 1.807) is 16.5 Å². The number of carbonyl (C=O) groups excluding carboxylic acids is 1. The van der Waals surface area contributed by atoms with E-state index < -0.39 is 0 Å². The first-order chi connectivity index (χ1) is 11.8. The fraction of sp³-hybridized carbons (Fsp3) is 0.300. The van der Waals surface area contributed by atoms with Crippen LogP contribution in [0.15, 0.2) is 48.7 Å². The van der Waals surface area contributed by atoms with E-state index in [9.17, 15) is 9.18 Å². The van der Waals surface area contributed by atoms with Crippen LogP contribution in [0.25, 0.3) is 16.8 Å². The Morgan fingerprint density at radius 2 is 1.84 bits per heavy atom. The Morgan fingerprint density at radius 1 is 1.16 bits per heavy atom. The number of benzene rings is 1. The highest BCUT2D eigenvalue weighted by molar-refractivity contribution is 5.94. The molecule has 2 heterocycles. The van der Waals surface area contributed by atoms with Gasteiger partial charge in [0.2, 0.25) is 5.82 Å². The monoisotopic (exact) mass is 339 g/mol. The molecule has 3 aromatic rings. The number of pyridine rings is 1. The topological polar surface area (TPSA) is 46.4 Å². The highest BCUT2D eigenvalue weighted by atomic mass is 19.1. The van der Waals surface area contributed by atoms with Crippen molar-refractivity contribution in [3.63, 3.8) is 0 Å². The second kappa shape index (κ2) is 6.31. The van der Waals surface area contributed by atoms with E-state index in [1.165, 1.54) is 12.1 Å². The second-order valence-corrected chi connectivity index (χ2v) is 7.31. The van der Waals surface area contributed by atoms with Gasteiger partial charge in [0, 0.05) is 17.8 Å². The maximum atomic E-state index is 13.2. The molecule has 0 aliphatic heterocycles. The molecule has 2 aromatic heterocycles. The van der Waals surface area contributed by atoms with Gasteiger partial charge in [-0.25, -0.2) is 9.37 Å². The molecule has 0 bridgehead atoms. The molecule has 0 saturated heterocycles. The van der Waals surface area contributed by atoms with Crippen LogP contribution in [0.4, 0.5) is 4.39 Å². The number of hydrogen-bond acceptors (Lipinski definition) is 2. The first-order valence-electron chi connectivity index (χ1n) is 8.31. The number of aromatic nitrogens is 2. The average molecular weight is 339 g/mol. The third-order valence-corrected chi connectivity index (χ3v) is 4.52. The van der Waals surface area contributed by atoms with Gasteiger partial charge in [-0.2, -0.15) is 0 Å². The van der Waals surface area contributed by atoms with Crippen LogP contribution in [-0.4, -0.2) is 21.3 Å². The fourth-order valence-electron chi connectivity index (χ4n) is 2.50. The fourth-order valence-corrected chi connectivity index (χ4v) is 2.50. The molecule has 1 aromatic carbocycles. The molecule has 1 atom stereocenters. The van der Waals surface area contributed by atoms with Crippen LogP contribution in [0, 0.1) is 11.2 Å². The average Bonchev–Trinajstić information content (AvgIpc) is 2.94. The smallest absolute Gasteiger partial charge is 0.287 e. The lowest BCUT2D eigenvalue weighted by molar-refractivity contribution is 0.0899. The van der Waals surface area contributed by atoms with Crippen molar-refractivity contribution in [1.29, 1.82) is 0 Å². The van der Waals surface area contributed by atoms with Gasteiger partial charge in [0.15, 0.2) is 0 Å². The summed E-state index contributed by atoms with van der Waals surface area (Å²) in [7, 11) is 0. The zero-order chi connectivity index (χ0) is 18.2. The van der Waals surface area contributed by atoms with Gasteiger partial charge < -0.3 is 5.32 Å². The molecule has 0 spiro atoms. The molecule has 3 rings (SSSR count). The van der Waals surface area contributed by atoms with Crippen LogP contribution < -0.4 is 5.32 Å². The lowest BCUT2D eigenvalue weighted by Gasteiger charge is -2.27. The van der Waals surface area contributed by atoms with Crippen LogP contribution in [0.2, 0.25) is 0 Å². The van der Waals surface area contributed by atoms with Crippen LogP contribution in [0.3, 0.4) is 0 Å². The van der Waals surface area contributed by atoms with Gasteiger partial charge in [-0.05, 0) is 48.7 Å². The summed E-state index contributed by atoms with van der Waals surface area (Å²) in [6.45, 7) is 8.21.